The van der Waals surface area contributed by atoms with Crippen molar-refractivity contribution in [2.45, 2.75) is 44.2 Å². The number of hydrogen-bond donors (Lipinski definition) is 1. The largest absolute Gasteiger partial charge is 0.480 e. The number of fused-ring (bicyclic) bond motifs is 1. The van der Waals surface area contributed by atoms with Crippen molar-refractivity contribution in [2.75, 3.05) is 7.05 Å². The molecule has 1 aromatic carbocycles. The van der Waals surface area contributed by atoms with E-state index in [1.807, 2.05) is 0 Å². The van der Waals surface area contributed by atoms with Crippen molar-refractivity contribution in [1.82, 2.24) is 9.21 Å². The van der Waals surface area contributed by atoms with Gasteiger partial charge >= 0.3 is 5.97 Å². The second-order valence-corrected chi connectivity index (χ2v) is 8.42. The first-order chi connectivity index (χ1) is 11.3. The highest BCUT2D eigenvalue weighted by atomic mass is 32.2. The van der Waals surface area contributed by atoms with Crippen LogP contribution < -0.4 is 0 Å². The van der Waals surface area contributed by atoms with Gasteiger partial charge in [-0.25, -0.2) is 17.5 Å². The molecule has 25 heavy (non-hydrogen) atoms. The zero-order valence-corrected chi connectivity index (χ0v) is 15.4. The molecule has 136 valence electrons. The van der Waals surface area contributed by atoms with Crippen molar-refractivity contribution in [3.63, 3.8) is 0 Å². The van der Waals surface area contributed by atoms with Crippen LogP contribution in [0, 0.1) is 0 Å². The molecule has 1 heterocycles. The van der Waals surface area contributed by atoms with E-state index >= 15 is 0 Å². The Morgan fingerprint density at radius 3 is 2.28 bits per heavy atom. The third-order valence-corrected chi connectivity index (χ3v) is 6.33. The minimum absolute atomic E-state index is 0.00226. The number of carboxylic acids is 1. The lowest BCUT2D eigenvalue weighted by Gasteiger charge is -2.31. The van der Waals surface area contributed by atoms with Gasteiger partial charge in [-0.1, -0.05) is 0 Å². The van der Waals surface area contributed by atoms with Crippen molar-refractivity contribution in [1.29, 1.82) is 0 Å². The lowest BCUT2D eigenvalue weighted by molar-refractivity contribution is -0.147. The van der Waals surface area contributed by atoms with Gasteiger partial charge in [-0.3, -0.25) is 9.59 Å². The first-order valence-electron chi connectivity index (χ1n) is 7.57. The fraction of sp³-hybridized carbons (Fsp3) is 0.438. The summed E-state index contributed by atoms with van der Waals surface area (Å²) < 4.78 is 25.9. The molecule has 2 amide bonds. The van der Waals surface area contributed by atoms with Crippen LogP contribution in [-0.4, -0.2) is 59.1 Å². The fourth-order valence-corrected chi connectivity index (χ4v) is 4.28. The SMILES string of the molecule is CC(C)N1C(=O)c2ccc(C(=O)N(C)C(C)(C)C(=O)O)cc2S1(=O)=O. The molecule has 1 N–H and O–H groups in total. The quantitative estimate of drug-likeness (QED) is 0.854. The number of carbonyl (C=O) groups excluding carboxylic acids is 2. The first kappa shape index (κ1) is 18.9. The third-order valence-electron chi connectivity index (χ3n) is 4.33. The minimum atomic E-state index is -4.03. The zero-order valence-electron chi connectivity index (χ0n) is 14.6. The Kier molecular flexibility index (Phi) is 4.41. The predicted molar refractivity (Wildman–Crippen MR) is 88.7 cm³/mol. The van der Waals surface area contributed by atoms with E-state index in [0.29, 0.717) is 0 Å². The molecule has 0 aromatic heterocycles. The fourth-order valence-electron chi connectivity index (χ4n) is 2.48. The Morgan fingerprint density at radius 1 is 1.24 bits per heavy atom. The minimum Gasteiger partial charge on any atom is -0.480 e. The van der Waals surface area contributed by atoms with E-state index < -0.39 is 39.4 Å². The number of carboxylic acid groups (broad SMARTS) is 1. The first-order valence-corrected chi connectivity index (χ1v) is 9.02. The smallest absolute Gasteiger partial charge is 0.329 e. The van der Waals surface area contributed by atoms with E-state index in [2.05, 4.69) is 0 Å². The van der Waals surface area contributed by atoms with Gasteiger partial charge < -0.3 is 10.0 Å². The summed E-state index contributed by atoms with van der Waals surface area (Å²) in [5, 5.41) is 9.23. The summed E-state index contributed by atoms with van der Waals surface area (Å²) in [5.74, 6) is -2.48. The van der Waals surface area contributed by atoms with Gasteiger partial charge in [0.25, 0.3) is 21.8 Å². The second kappa shape index (κ2) is 5.83. The summed E-state index contributed by atoms with van der Waals surface area (Å²) in [4.78, 5) is 36.9. The van der Waals surface area contributed by atoms with E-state index in [-0.39, 0.29) is 16.0 Å². The second-order valence-electron chi connectivity index (χ2n) is 6.64. The van der Waals surface area contributed by atoms with Crippen LogP contribution in [0.15, 0.2) is 23.1 Å². The summed E-state index contributed by atoms with van der Waals surface area (Å²) in [7, 11) is -2.71. The Balaban J connectivity index is 2.51. The average molecular weight is 368 g/mol. The highest BCUT2D eigenvalue weighted by Gasteiger charge is 2.43. The van der Waals surface area contributed by atoms with Gasteiger partial charge in [-0.05, 0) is 45.9 Å². The van der Waals surface area contributed by atoms with Crippen molar-refractivity contribution in [2.24, 2.45) is 0 Å². The lowest BCUT2D eigenvalue weighted by Crippen LogP contribution is -2.50. The van der Waals surface area contributed by atoms with Crippen molar-refractivity contribution < 1.29 is 27.9 Å². The maximum Gasteiger partial charge on any atom is 0.329 e. The van der Waals surface area contributed by atoms with E-state index in [1.165, 1.54) is 33.0 Å². The molecule has 0 radical (unpaired) electrons. The van der Waals surface area contributed by atoms with Crippen molar-refractivity contribution >= 4 is 27.8 Å². The number of carbonyl (C=O) groups is 3. The summed E-state index contributed by atoms with van der Waals surface area (Å²) in [5.41, 5.74) is -1.47. The number of sulfonamides is 1. The maximum atomic E-state index is 12.6. The zero-order chi connectivity index (χ0) is 19.3. The number of hydrogen-bond acceptors (Lipinski definition) is 5. The highest BCUT2D eigenvalue weighted by molar-refractivity contribution is 7.90. The Labute approximate surface area is 146 Å². The monoisotopic (exact) mass is 368 g/mol. The number of benzene rings is 1. The Morgan fingerprint density at radius 2 is 1.80 bits per heavy atom. The lowest BCUT2D eigenvalue weighted by atomic mass is 10.0. The third kappa shape index (κ3) is 2.78. The highest BCUT2D eigenvalue weighted by Crippen LogP contribution is 2.33. The number of nitrogens with zero attached hydrogens (tertiary/aromatic N) is 2. The van der Waals surface area contributed by atoms with Crippen LogP contribution in [0.2, 0.25) is 0 Å². The molecule has 1 aliphatic rings. The van der Waals surface area contributed by atoms with Crippen LogP contribution in [-0.2, 0) is 14.8 Å². The van der Waals surface area contributed by atoms with E-state index in [4.69, 9.17) is 0 Å². The molecule has 8 nitrogen and oxygen atoms in total. The molecule has 1 aromatic rings. The normalized spacial score (nSPS) is 16.1. The number of likely N-dealkylation sites (N-methyl/N-ethyl adjacent to an activating group) is 1. The molecule has 0 fully saturated rings. The number of amides is 2. The van der Waals surface area contributed by atoms with Crippen LogP contribution in [0.1, 0.15) is 48.4 Å². The standard InChI is InChI=1S/C16H20N2O6S/c1-9(2)18-14(20)11-7-6-10(8-12(11)25(18,23)24)13(19)17(5)16(3,4)15(21)22/h6-9H,1-5H3,(H,21,22). The van der Waals surface area contributed by atoms with Gasteiger partial charge in [0.05, 0.1) is 5.56 Å². The van der Waals surface area contributed by atoms with E-state index in [0.717, 1.165) is 15.3 Å². The summed E-state index contributed by atoms with van der Waals surface area (Å²) in [6, 6.07) is 3.18. The Bertz CT molecular complexity index is 873. The predicted octanol–water partition coefficient (Wildman–Crippen LogP) is 1.17. The van der Waals surface area contributed by atoms with Crippen LogP contribution in [0.25, 0.3) is 0 Å². The topological polar surface area (TPSA) is 112 Å². The Hall–Kier alpha value is -2.42. The average Bonchev–Trinajstić information content (AvgIpc) is 2.71. The van der Waals surface area contributed by atoms with Gasteiger partial charge in [-0.15, -0.1) is 0 Å². The molecule has 2 rings (SSSR count). The molecular weight excluding hydrogens is 348 g/mol. The maximum absolute atomic E-state index is 12.6. The molecular formula is C16H20N2O6S. The van der Waals surface area contributed by atoms with Gasteiger partial charge in [0.2, 0.25) is 0 Å². The van der Waals surface area contributed by atoms with Crippen molar-refractivity contribution in [3.05, 3.63) is 29.3 Å². The molecule has 0 saturated carbocycles. The summed E-state index contributed by atoms with van der Waals surface area (Å²) in [6.45, 7) is 5.88. The van der Waals surface area contributed by atoms with Gasteiger partial charge in [-0.2, -0.15) is 0 Å². The molecule has 0 atom stereocenters. The van der Waals surface area contributed by atoms with Crippen LogP contribution in [0.5, 0.6) is 0 Å². The summed E-state index contributed by atoms with van der Waals surface area (Å²) >= 11 is 0. The molecule has 1 aliphatic heterocycles. The van der Waals surface area contributed by atoms with Crippen LogP contribution in [0.3, 0.4) is 0 Å². The van der Waals surface area contributed by atoms with Gasteiger partial charge in [0.15, 0.2) is 0 Å². The summed E-state index contributed by atoms with van der Waals surface area (Å²) in [6.07, 6.45) is 0. The van der Waals surface area contributed by atoms with Crippen molar-refractivity contribution in [3.8, 4) is 0 Å². The molecule has 9 heteroatoms. The molecule has 0 aliphatic carbocycles. The number of rotatable bonds is 4. The van der Waals surface area contributed by atoms with Crippen LogP contribution >= 0.6 is 0 Å². The molecule has 0 unspecified atom stereocenters. The molecule has 0 spiro atoms. The van der Waals surface area contributed by atoms with E-state index in [1.54, 1.807) is 13.8 Å². The van der Waals surface area contributed by atoms with E-state index in [9.17, 15) is 27.9 Å². The molecule has 0 saturated heterocycles. The van der Waals surface area contributed by atoms with Gasteiger partial charge in [0, 0.05) is 18.7 Å². The number of aliphatic carboxylic acids is 1. The van der Waals surface area contributed by atoms with Gasteiger partial charge in [0.1, 0.15) is 10.4 Å². The van der Waals surface area contributed by atoms with Crippen LogP contribution in [0.4, 0.5) is 0 Å². The molecule has 0 bridgehead atoms.